The van der Waals surface area contributed by atoms with Gasteiger partial charge in [0.25, 0.3) is 11.8 Å². The second-order valence-corrected chi connectivity index (χ2v) is 9.27. The Bertz CT molecular complexity index is 959. The number of nitrogens with zero attached hydrogens (tertiary/aromatic N) is 5. The van der Waals surface area contributed by atoms with Crippen LogP contribution in [-0.2, 0) is 7.05 Å². The van der Waals surface area contributed by atoms with E-state index in [0.29, 0.717) is 23.6 Å². The highest BCUT2D eigenvalue weighted by Gasteiger charge is 2.36. The zero-order chi connectivity index (χ0) is 23.2. The molecule has 33 heavy (non-hydrogen) atoms. The first-order chi connectivity index (χ1) is 16.0. The third-order valence-electron chi connectivity index (χ3n) is 6.79. The van der Waals surface area contributed by atoms with Gasteiger partial charge in [-0.25, -0.2) is 0 Å². The molecule has 0 bridgehead atoms. The Labute approximate surface area is 195 Å². The van der Waals surface area contributed by atoms with Crippen molar-refractivity contribution in [1.29, 1.82) is 0 Å². The summed E-state index contributed by atoms with van der Waals surface area (Å²) in [5.41, 5.74) is 0.961. The minimum Gasteiger partial charge on any atom is -0.487 e. The van der Waals surface area contributed by atoms with Crippen molar-refractivity contribution in [1.82, 2.24) is 24.8 Å². The Hall–Kier alpha value is -2.90. The molecular formula is C25H35N5O3. The molecule has 8 heteroatoms. The SMILES string of the molecule is CN1CCCCCCCN(C(=O)c2cn(C)nn2)[C@@H]2CCCC[C@@H]2Oc2ccccc2C1=O. The fourth-order valence-electron chi connectivity index (χ4n) is 4.96. The molecule has 178 valence electrons. The normalized spacial score (nSPS) is 23.0. The Morgan fingerprint density at radius 3 is 2.48 bits per heavy atom. The number of benzene rings is 1. The molecule has 1 saturated carbocycles. The summed E-state index contributed by atoms with van der Waals surface area (Å²) in [6, 6.07) is 7.44. The van der Waals surface area contributed by atoms with Crippen LogP contribution in [0, 0.1) is 0 Å². The molecule has 2 atom stereocenters. The van der Waals surface area contributed by atoms with E-state index < -0.39 is 0 Å². The zero-order valence-electron chi connectivity index (χ0n) is 19.8. The predicted octanol–water partition coefficient (Wildman–Crippen LogP) is 3.68. The Morgan fingerprint density at radius 2 is 1.70 bits per heavy atom. The van der Waals surface area contributed by atoms with E-state index in [1.807, 2.05) is 36.2 Å². The third kappa shape index (κ3) is 5.54. The highest BCUT2D eigenvalue weighted by atomic mass is 16.5. The number of rotatable bonds is 1. The van der Waals surface area contributed by atoms with E-state index >= 15 is 0 Å². The van der Waals surface area contributed by atoms with Crippen LogP contribution in [0.15, 0.2) is 30.5 Å². The van der Waals surface area contributed by atoms with Crippen LogP contribution < -0.4 is 4.74 Å². The van der Waals surface area contributed by atoms with E-state index in [1.54, 1.807) is 22.8 Å². The lowest BCUT2D eigenvalue weighted by molar-refractivity contribution is 0.0266. The van der Waals surface area contributed by atoms with Crippen molar-refractivity contribution in [3.63, 3.8) is 0 Å². The lowest BCUT2D eigenvalue weighted by atomic mass is 9.90. The predicted molar refractivity (Wildman–Crippen MR) is 125 cm³/mol. The molecule has 1 aliphatic carbocycles. The lowest BCUT2D eigenvalue weighted by Crippen LogP contribution is -2.51. The van der Waals surface area contributed by atoms with Gasteiger partial charge in [0.05, 0.1) is 17.8 Å². The van der Waals surface area contributed by atoms with Crippen LogP contribution in [0.4, 0.5) is 0 Å². The quantitative estimate of drug-likeness (QED) is 0.658. The van der Waals surface area contributed by atoms with Gasteiger partial charge in [-0.1, -0.05) is 43.0 Å². The van der Waals surface area contributed by atoms with Crippen LogP contribution in [0.3, 0.4) is 0 Å². The van der Waals surface area contributed by atoms with Gasteiger partial charge in [-0.15, -0.1) is 5.10 Å². The first-order valence-corrected chi connectivity index (χ1v) is 12.2. The standard InChI is InChI=1S/C25H35N5O3/c1-28-16-10-4-3-5-11-17-30(25(32)20-18-29(2)27-26-20)21-13-7-9-15-23(21)33-22-14-8-6-12-19(22)24(28)31/h6,8,12,14,18,21,23H,3-5,7,9-11,13,15-17H2,1-2H3/t21-,23+/m1/s1. The maximum Gasteiger partial charge on any atom is 0.276 e. The van der Waals surface area contributed by atoms with Gasteiger partial charge >= 0.3 is 0 Å². The number of carbonyl (C=O) groups is 2. The number of fused-ring (bicyclic) bond motifs is 2. The molecule has 0 saturated heterocycles. The molecule has 2 heterocycles. The Kier molecular flexibility index (Phi) is 7.62. The summed E-state index contributed by atoms with van der Waals surface area (Å²) in [5.74, 6) is 0.505. The number of aryl methyl sites for hydroxylation is 1. The summed E-state index contributed by atoms with van der Waals surface area (Å²) in [6.45, 7) is 1.41. The van der Waals surface area contributed by atoms with Gasteiger partial charge < -0.3 is 14.5 Å². The summed E-state index contributed by atoms with van der Waals surface area (Å²) in [7, 11) is 3.63. The van der Waals surface area contributed by atoms with Crippen molar-refractivity contribution >= 4 is 11.8 Å². The number of amides is 2. The molecule has 0 N–H and O–H groups in total. The number of ether oxygens (including phenoxy) is 1. The van der Waals surface area contributed by atoms with Gasteiger partial charge in [0.15, 0.2) is 5.69 Å². The van der Waals surface area contributed by atoms with E-state index in [1.165, 1.54) is 0 Å². The second kappa shape index (κ2) is 10.8. The topological polar surface area (TPSA) is 80.6 Å². The summed E-state index contributed by atoms with van der Waals surface area (Å²) in [6.07, 6.45) is 10.5. The van der Waals surface area contributed by atoms with Gasteiger partial charge in [-0.2, -0.15) is 0 Å². The molecule has 1 fully saturated rings. The fourth-order valence-corrected chi connectivity index (χ4v) is 4.96. The molecule has 0 spiro atoms. The molecular weight excluding hydrogens is 418 g/mol. The van der Waals surface area contributed by atoms with E-state index in [4.69, 9.17) is 4.74 Å². The molecule has 1 aromatic heterocycles. The maximum absolute atomic E-state index is 13.5. The van der Waals surface area contributed by atoms with Crippen LogP contribution in [0.5, 0.6) is 5.75 Å². The summed E-state index contributed by atoms with van der Waals surface area (Å²) in [4.78, 5) is 30.4. The molecule has 0 unspecified atom stereocenters. The average Bonchev–Trinajstić information content (AvgIpc) is 3.26. The van der Waals surface area contributed by atoms with E-state index in [-0.39, 0.29) is 24.0 Å². The van der Waals surface area contributed by atoms with Crippen molar-refractivity contribution in [2.45, 2.75) is 69.9 Å². The molecule has 2 aromatic rings. The molecule has 1 aromatic carbocycles. The van der Waals surface area contributed by atoms with Crippen LogP contribution in [0.2, 0.25) is 0 Å². The molecule has 0 radical (unpaired) electrons. The van der Waals surface area contributed by atoms with Crippen LogP contribution in [0.25, 0.3) is 0 Å². The van der Waals surface area contributed by atoms with Crippen molar-refractivity contribution in [3.8, 4) is 5.75 Å². The van der Waals surface area contributed by atoms with Crippen molar-refractivity contribution in [2.75, 3.05) is 20.1 Å². The number of hydrogen-bond donors (Lipinski definition) is 0. The number of hydrogen-bond acceptors (Lipinski definition) is 5. The van der Waals surface area contributed by atoms with Crippen molar-refractivity contribution in [2.24, 2.45) is 7.05 Å². The first-order valence-electron chi connectivity index (χ1n) is 12.2. The number of aromatic nitrogens is 3. The van der Waals surface area contributed by atoms with Crippen LogP contribution in [-0.4, -0.2) is 68.9 Å². The summed E-state index contributed by atoms with van der Waals surface area (Å²) in [5, 5.41) is 8.05. The van der Waals surface area contributed by atoms with Gasteiger partial charge in [0.2, 0.25) is 0 Å². The van der Waals surface area contributed by atoms with E-state index in [9.17, 15) is 9.59 Å². The van der Waals surface area contributed by atoms with Gasteiger partial charge in [-0.05, 0) is 44.2 Å². The number of para-hydroxylation sites is 1. The summed E-state index contributed by atoms with van der Waals surface area (Å²) < 4.78 is 8.10. The van der Waals surface area contributed by atoms with Crippen molar-refractivity contribution in [3.05, 3.63) is 41.7 Å². The minimum atomic E-state index is -0.163. The minimum absolute atomic E-state index is 0.0136. The van der Waals surface area contributed by atoms with E-state index in [0.717, 1.165) is 64.3 Å². The molecule has 4 rings (SSSR count). The monoisotopic (exact) mass is 453 g/mol. The lowest BCUT2D eigenvalue weighted by Gasteiger charge is -2.40. The highest BCUT2D eigenvalue weighted by molar-refractivity contribution is 5.96. The molecule has 2 aliphatic rings. The average molecular weight is 454 g/mol. The third-order valence-corrected chi connectivity index (χ3v) is 6.79. The zero-order valence-corrected chi connectivity index (χ0v) is 19.8. The Morgan fingerprint density at radius 1 is 0.970 bits per heavy atom. The maximum atomic E-state index is 13.5. The highest BCUT2D eigenvalue weighted by Crippen LogP contribution is 2.31. The largest absolute Gasteiger partial charge is 0.487 e. The molecule has 1 aliphatic heterocycles. The van der Waals surface area contributed by atoms with Crippen LogP contribution >= 0.6 is 0 Å². The van der Waals surface area contributed by atoms with E-state index in [2.05, 4.69) is 10.3 Å². The van der Waals surface area contributed by atoms with Gasteiger partial charge in [0, 0.05) is 27.2 Å². The smallest absolute Gasteiger partial charge is 0.276 e. The molecule has 8 nitrogen and oxygen atoms in total. The van der Waals surface area contributed by atoms with Gasteiger partial charge in [-0.3, -0.25) is 14.3 Å². The number of carbonyl (C=O) groups excluding carboxylic acids is 2. The second-order valence-electron chi connectivity index (χ2n) is 9.27. The van der Waals surface area contributed by atoms with Crippen molar-refractivity contribution < 1.29 is 14.3 Å². The Balaban J connectivity index is 1.66. The first kappa shape index (κ1) is 23.3. The summed E-state index contributed by atoms with van der Waals surface area (Å²) >= 11 is 0. The van der Waals surface area contributed by atoms with Crippen LogP contribution in [0.1, 0.15) is 78.6 Å². The fraction of sp³-hybridized carbons (Fsp3) is 0.600. The van der Waals surface area contributed by atoms with Gasteiger partial charge in [0.1, 0.15) is 11.9 Å². The molecule has 2 amide bonds.